The Balaban J connectivity index is 1.77. The van der Waals surface area contributed by atoms with Gasteiger partial charge in [-0.25, -0.2) is 0 Å². The highest BCUT2D eigenvalue weighted by Crippen LogP contribution is 2.38. The van der Waals surface area contributed by atoms with Gasteiger partial charge in [-0.3, -0.25) is 4.79 Å². The van der Waals surface area contributed by atoms with Crippen molar-refractivity contribution < 1.29 is 4.52 Å². The summed E-state index contributed by atoms with van der Waals surface area (Å²) in [6, 6.07) is 3.03. The Kier molecular flexibility index (Phi) is 2.09. The first-order valence-corrected chi connectivity index (χ1v) is 5.30. The van der Waals surface area contributed by atoms with E-state index in [1.165, 1.54) is 12.1 Å². The summed E-state index contributed by atoms with van der Waals surface area (Å²) in [7, 11) is 0. The summed E-state index contributed by atoms with van der Waals surface area (Å²) in [5, 5.41) is 3.91. The van der Waals surface area contributed by atoms with Gasteiger partial charge < -0.3 is 9.09 Å². The fraction of sp³-hybridized carbons (Fsp3) is 0.364. The Labute approximate surface area is 91.7 Å². The predicted molar refractivity (Wildman–Crippen MR) is 56.1 cm³/mol. The third kappa shape index (κ3) is 1.88. The molecule has 1 fully saturated rings. The molecule has 3 rings (SSSR count). The molecule has 5 heteroatoms. The van der Waals surface area contributed by atoms with Crippen molar-refractivity contribution in [2.24, 2.45) is 0 Å². The van der Waals surface area contributed by atoms with E-state index in [0.29, 0.717) is 18.3 Å². The Morgan fingerprint density at radius 1 is 1.38 bits per heavy atom. The molecule has 0 atom stereocenters. The summed E-state index contributed by atoms with van der Waals surface area (Å²) >= 11 is 0. The fourth-order valence-corrected chi connectivity index (χ4v) is 1.54. The number of hydrogen-bond donors (Lipinski definition) is 0. The monoisotopic (exact) mass is 217 g/mol. The minimum Gasteiger partial charge on any atom is -0.346 e. The van der Waals surface area contributed by atoms with Crippen LogP contribution in [-0.4, -0.2) is 14.7 Å². The van der Waals surface area contributed by atoms with E-state index in [1.54, 1.807) is 12.4 Å². The zero-order valence-corrected chi connectivity index (χ0v) is 8.67. The van der Waals surface area contributed by atoms with Crippen molar-refractivity contribution >= 4 is 0 Å². The van der Waals surface area contributed by atoms with E-state index < -0.39 is 0 Å². The van der Waals surface area contributed by atoms with Crippen LogP contribution in [0.4, 0.5) is 0 Å². The van der Waals surface area contributed by atoms with Gasteiger partial charge in [0.1, 0.15) is 0 Å². The van der Waals surface area contributed by atoms with Crippen LogP contribution >= 0.6 is 0 Å². The summed E-state index contributed by atoms with van der Waals surface area (Å²) in [5.74, 6) is 1.89. The zero-order valence-electron chi connectivity index (χ0n) is 8.67. The van der Waals surface area contributed by atoms with Crippen LogP contribution in [0.5, 0.6) is 0 Å². The number of rotatable bonds is 3. The summed E-state index contributed by atoms with van der Waals surface area (Å²) in [6.45, 7) is 0.538. The standard InChI is InChI=1S/C11H11N3O2/c15-9-3-5-14(6-4-9)7-10-12-11(16-13-10)8-1-2-8/h3-6,8H,1-2,7H2. The first-order chi connectivity index (χ1) is 7.81. The van der Waals surface area contributed by atoms with Gasteiger partial charge in [0.25, 0.3) is 0 Å². The predicted octanol–water partition coefficient (Wildman–Crippen LogP) is 1.16. The van der Waals surface area contributed by atoms with Crippen molar-refractivity contribution in [1.29, 1.82) is 0 Å². The van der Waals surface area contributed by atoms with Gasteiger partial charge in [0.05, 0.1) is 6.54 Å². The lowest BCUT2D eigenvalue weighted by Crippen LogP contribution is -2.05. The quantitative estimate of drug-likeness (QED) is 0.773. The third-order valence-corrected chi connectivity index (χ3v) is 2.59. The first-order valence-electron chi connectivity index (χ1n) is 5.30. The molecule has 0 unspecified atom stereocenters. The molecule has 0 bridgehead atoms. The molecule has 2 aromatic heterocycles. The second-order valence-electron chi connectivity index (χ2n) is 4.03. The third-order valence-electron chi connectivity index (χ3n) is 2.59. The van der Waals surface area contributed by atoms with Gasteiger partial charge in [0, 0.05) is 30.4 Å². The molecule has 0 aliphatic heterocycles. The van der Waals surface area contributed by atoms with Crippen molar-refractivity contribution in [3.8, 4) is 0 Å². The molecule has 5 nitrogen and oxygen atoms in total. The van der Waals surface area contributed by atoms with Crippen LogP contribution < -0.4 is 5.43 Å². The van der Waals surface area contributed by atoms with Gasteiger partial charge in [-0.1, -0.05) is 5.16 Å². The summed E-state index contributed by atoms with van der Waals surface area (Å²) < 4.78 is 7.00. The van der Waals surface area contributed by atoms with Crippen LogP contribution in [0.3, 0.4) is 0 Å². The van der Waals surface area contributed by atoms with E-state index in [4.69, 9.17) is 4.52 Å². The van der Waals surface area contributed by atoms with Gasteiger partial charge in [0.15, 0.2) is 11.3 Å². The lowest BCUT2D eigenvalue weighted by Gasteiger charge is -1.99. The maximum atomic E-state index is 10.9. The molecule has 0 amide bonds. The van der Waals surface area contributed by atoms with Crippen LogP contribution in [0.25, 0.3) is 0 Å². The Morgan fingerprint density at radius 2 is 2.12 bits per heavy atom. The Hall–Kier alpha value is -1.91. The van der Waals surface area contributed by atoms with Crippen LogP contribution in [0.2, 0.25) is 0 Å². The highest BCUT2D eigenvalue weighted by Gasteiger charge is 2.29. The number of aromatic nitrogens is 3. The van der Waals surface area contributed by atoms with Crippen molar-refractivity contribution in [1.82, 2.24) is 14.7 Å². The highest BCUT2D eigenvalue weighted by atomic mass is 16.5. The second kappa shape index (κ2) is 3.59. The summed E-state index contributed by atoms with van der Waals surface area (Å²) in [6.07, 6.45) is 5.74. The second-order valence-corrected chi connectivity index (χ2v) is 4.03. The largest absolute Gasteiger partial charge is 0.346 e. The molecule has 0 aromatic carbocycles. The molecule has 0 N–H and O–H groups in total. The molecular formula is C11H11N3O2. The van der Waals surface area contributed by atoms with Gasteiger partial charge >= 0.3 is 0 Å². The van der Waals surface area contributed by atoms with Crippen molar-refractivity contribution in [3.05, 3.63) is 46.5 Å². The maximum Gasteiger partial charge on any atom is 0.229 e. The lowest BCUT2D eigenvalue weighted by atomic mass is 10.4. The molecular weight excluding hydrogens is 206 g/mol. The smallest absolute Gasteiger partial charge is 0.229 e. The van der Waals surface area contributed by atoms with Crippen molar-refractivity contribution in [3.63, 3.8) is 0 Å². The SMILES string of the molecule is O=c1ccn(Cc2noc(C3CC3)n2)cc1. The van der Waals surface area contributed by atoms with Crippen LogP contribution in [-0.2, 0) is 6.54 Å². The van der Waals surface area contributed by atoms with Crippen LogP contribution in [0.1, 0.15) is 30.5 Å². The van der Waals surface area contributed by atoms with E-state index in [-0.39, 0.29) is 5.43 Å². The zero-order chi connectivity index (χ0) is 11.0. The molecule has 0 radical (unpaired) electrons. The minimum absolute atomic E-state index is 0.00281. The summed E-state index contributed by atoms with van der Waals surface area (Å²) in [5.41, 5.74) is 0.00281. The van der Waals surface area contributed by atoms with Gasteiger partial charge in [-0.05, 0) is 12.8 Å². The van der Waals surface area contributed by atoms with E-state index in [2.05, 4.69) is 10.1 Å². The average Bonchev–Trinajstić information content (AvgIpc) is 3.04. The molecule has 1 saturated carbocycles. The Morgan fingerprint density at radius 3 is 2.81 bits per heavy atom. The number of nitrogens with zero attached hydrogens (tertiary/aromatic N) is 3. The fourth-order valence-electron chi connectivity index (χ4n) is 1.54. The molecule has 0 saturated heterocycles. The van der Waals surface area contributed by atoms with Crippen LogP contribution in [0, 0.1) is 0 Å². The lowest BCUT2D eigenvalue weighted by molar-refractivity contribution is 0.373. The number of hydrogen-bond acceptors (Lipinski definition) is 4. The highest BCUT2D eigenvalue weighted by molar-refractivity contribution is 5.02. The average molecular weight is 217 g/mol. The normalized spacial score (nSPS) is 15.2. The van der Waals surface area contributed by atoms with Crippen LogP contribution in [0.15, 0.2) is 33.8 Å². The maximum absolute atomic E-state index is 10.9. The molecule has 82 valence electrons. The number of pyridine rings is 1. The van der Waals surface area contributed by atoms with Crippen molar-refractivity contribution in [2.45, 2.75) is 25.3 Å². The van der Waals surface area contributed by atoms with E-state index in [1.807, 2.05) is 4.57 Å². The van der Waals surface area contributed by atoms with Gasteiger partial charge in [-0.2, -0.15) is 4.98 Å². The molecule has 2 aromatic rings. The molecule has 1 aliphatic carbocycles. The van der Waals surface area contributed by atoms with Gasteiger partial charge in [0.2, 0.25) is 5.89 Å². The molecule has 2 heterocycles. The topological polar surface area (TPSA) is 60.9 Å². The molecule has 1 aliphatic rings. The van der Waals surface area contributed by atoms with E-state index in [0.717, 1.165) is 18.7 Å². The first kappa shape index (κ1) is 9.33. The van der Waals surface area contributed by atoms with Gasteiger partial charge in [-0.15, -0.1) is 0 Å². The molecule has 16 heavy (non-hydrogen) atoms. The van der Waals surface area contributed by atoms with Crippen molar-refractivity contribution in [2.75, 3.05) is 0 Å². The summed E-state index contributed by atoms with van der Waals surface area (Å²) in [4.78, 5) is 15.2. The minimum atomic E-state index is 0.00281. The molecule has 0 spiro atoms. The van der Waals surface area contributed by atoms with E-state index >= 15 is 0 Å². The Bertz CT molecular complexity index is 534. The van der Waals surface area contributed by atoms with E-state index in [9.17, 15) is 4.79 Å².